The SMILES string of the molecule is CCCN(CC1CCCNC1)C(=O)c1cnc(C)cn1. The van der Waals surface area contributed by atoms with Crippen molar-refractivity contribution in [3.63, 3.8) is 0 Å². The molecular weight excluding hydrogens is 252 g/mol. The summed E-state index contributed by atoms with van der Waals surface area (Å²) in [5, 5.41) is 3.40. The van der Waals surface area contributed by atoms with Gasteiger partial charge >= 0.3 is 0 Å². The maximum Gasteiger partial charge on any atom is 0.274 e. The third kappa shape index (κ3) is 4.00. The van der Waals surface area contributed by atoms with Gasteiger partial charge in [-0.1, -0.05) is 6.92 Å². The highest BCUT2D eigenvalue weighted by atomic mass is 16.2. The van der Waals surface area contributed by atoms with E-state index in [1.54, 1.807) is 12.4 Å². The first-order chi connectivity index (χ1) is 9.70. The summed E-state index contributed by atoms with van der Waals surface area (Å²) in [7, 11) is 0. The van der Waals surface area contributed by atoms with Gasteiger partial charge in [-0.2, -0.15) is 0 Å². The summed E-state index contributed by atoms with van der Waals surface area (Å²) in [4.78, 5) is 22.8. The summed E-state index contributed by atoms with van der Waals surface area (Å²) >= 11 is 0. The van der Waals surface area contributed by atoms with E-state index in [0.29, 0.717) is 11.6 Å². The number of nitrogens with one attached hydrogen (secondary N) is 1. The van der Waals surface area contributed by atoms with Gasteiger partial charge in [0.2, 0.25) is 0 Å². The molecule has 5 nitrogen and oxygen atoms in total. The molecule has 0 radical (unpaired) electrons. The zero-order valence-corrected chi connectivity index (χ0v) is 12.4. The average Bonchev–Trinajstić information content (AvgIpc) is 2.48. The zero-order chi connectivity index (χ0) is 14.4. The van der Waals surface area contributed by atoms with Gasteiger partial charge in [-0.3, -0.25) is 9.78 Å². The first kappa shape index (κ1) is 14.9. The Kier molecular flexibility index (Phi) is 5.47. The first-order valence-electron chi connectivity index (χ1n) is 7.49. The number of hydrogen-bond donors (Lipinski definition) is 1. The molecule has 1 aromatic heterocycles. The van der Waals surface area contributed by atoms with E-state index in [9.17, 15) is 4.79 Å². The highest BCUT2D eigenvalue weighted by molar-refractivity contribution is 5.92. The molecule has 2 heterocycles. The minimum absolute atomic E-state index is 0.00456. The third-order valence-electron chi connectivity index (χ3n) is 3.66. The summed E-state index contributed by atoms with van der Waals surface area (Å²) in [6.45, 7) is 7.67. The summed E-state index contributed by atoms with van der Waals surface area (Å²) in [5.74, 6) is 0.558. The van der Waals surface area contributed by atoms with Crippen LogP contribution in [0.25, 0.3) is 0 Å². The van der Waals surface area contributed by atoms with Crippen LogP contribution in [0.4, 0.5) is 0 Å². The van der Waals surface area contributed by atoms with Crippen molar-refractivity contribution in [3.8, 4) is 0 Å². The quantitative estimate of drug-likeness (QED) is 0.888. The Balaban J connectivity index is 2.02. The number of amides is 1. The number of hydrogen-bond acceptors (Lipinski definition) is 4. The van der Waals surface area contributed by atoms with Gasteiger partial charge in [0.05, 0.1) is 11.9 Å². The molecular formula is C15H24N4O. The lowest BCUT2D eigenvalue weighted by Gasteiger charge is -2.29. The molecule has 1 aliphatic heterocycles. The number of carbonyl (C=O) groups is 1. The molecule has 1 N–H and O–H groups in total. The molecule has 2 rings (SSSR count). The van der Waals surface area contributed by atoms with Crippen molar-refractivity contribution in [3.05, 3.63) is 23.8 Å². The molecule has 1 unspecified atom stereocenters. The van der Waals surface area contributed by atoms with E-state index in [1.165, 1.54) is 12.8 Å². The number of rotatable bonds is 5. The minimum Gasteiger partial charge on any atom is -0.337 e. The van der Waals surface area contributed by atoms with Crippen LogP contribution in [-0.4, -0.2) is 47.0 Å². The predicted molar refractivity (Wildman–Crippen MR) is 78.6 cm³/mol. The normalized spacial score (nSPS) is 18.8. The van der Waals surface area contributed by atoms with Crippen LogP contribution in [0.1, 0.15) is 42.4 Å². The van der Waals surface area contributed by atoms with Crippen molar-refractivity contribution in [1.29, 1.82) is 0 Å². The Labute approximate surface area is 120 Å². The van der Waals surface area contributed by atoms with Crippen LogP contribution in [0.15, 0.2) is 12.4 Å². The molecule has 0 spiro atoms. The Morgan fingerprint density at radius 3 is 2.90 bits per heavy atom. The molecule has 1 aliphatic rings. The molecule has 0 aromatic carbocycles. The summed E-state index contributed by atoms with van der Waals surface area (Å²) in [6, 6.07) is 0. The fourth-order valence-corrected chi connectivity index (χ4v) is 2.60. The molecule has 0 bridgehead atoms. The zero-order valence-electron chi connectivity index (χ0n) is 12.4. The Morgan fingerprint density at radius 2 is 2.30 bits per heavy atom. The number of piperidine rings is 1. The lowest BCUT2D eigenvalue weighted by atomic mass is 9.99. The van der Waals surface area contributed by atoms with Crippen molar-refractivity contribution in [1.82, 2.24) is 20.2 Å². The topological polar surface area (TPSA) is 58.1 Å². The van der Waals surface area contributed by atoms with Crippen molar-refractivity contribution < 1.29 is 4.79 Å². The summed E-state index contributed by atoms with van der Waals surface area (Å²) in [6.07, 6.45) is 6.59. The lowest BCUT2D eigenvalue weighted by Crippen LogP contribution is -2.41. The molecule has 20 heavy (non-hydrogen) atoms. The van der Waals surface area contributed by atoms with Gasteiger partial charge in [-0.15, -0.1) is 0 Å². The van der Waals surface area contributed by atoms with Gasteiger partial charge in [0.1, 0.15) is 5.69 Å². The van der Waals surface area contributed by atoms with E-state index in [-0.39, 0.29) is 5.91 Å². The van der Waals surface area contributed by atoms with Crippen molar-refractivity contribution in [2.24, 2.45) is 5.92 Å². The lowest BCUT2D eigenvalue weighted by molar-refractivity contribution is 0.0712. The molecule has 1 amide bonds. The van der Waals surface area contributed by atoms with E-state index < -0.39 is 0 Å². The van der Waals surface area contributed by atoms with Crippen LogP contribution >= 0.6 is 0 Å². The molecule has 1 aromatic rings. The van der Waals surface area contributed by atoms with Gasteiger partial charge in [0.25, 0.3) is 5.91 Å². The number of aryl methyl sites for hydroxylation is 1. The van der Waals surface area contributed by atoms with Crippen molar-refractivity contribution >= 4 is 5.91 Å². The van der Waals surface area contributed by atoms with E-state index in [0.717, 1.165) is 38.3 Å². The fourth-order valence-electron chi connectivity index (χ4n) is 2.60. The average molecular weight is 276 g/mol. The van der Waals surface area contributed by atoms with Crippen molar-refractivity contribution in [2.45, 2.75) is 33.1 Å². The van der Waals surface area contributed by atoms with Crippen LogP contribution < -0.4 is 5.32 Å². The predicted octanol–water partition coefficient (Wildman–Crippen LogP) is 1.64. The molecule has 0 aliphatic carbocycles. The number of carbonyl (C=O) groups excluding carboxylic acids is 1. The van der Waals surface area contributed by atoms with E-state index in [4.69, 9.17) is 0 Å². The van der Waals surface area contributed by atoms with Crippen LogP contribution in [0, 0.1) is 12.8 Å². The second kappa shape index (κ2) is 7.33. The standard InChI is InChI=1S/C15H24N4O/c1-3-7-19(11-13-5-4-6-16-9-13)15(20)14-10-17-12(2)8-18-14/h8,10,13,16H,3-7,9,11H2,1-2H3. The molecule has 1 atom stereocenters. The summed E-state index contributed by atoms with van der Waals surface area (Å²) in [5.41, 5.74) is 1.29. The first-order valence-corrected chi connectivity index (χ1v) is 7.49. The highest BCUT2D eigenvalue weighted by Gasteiger charge is 2.22. The molecule has 110 valence electrons. The monoisotopic (exact) mass is 276 g/mol. The van der Waals surface area contributed by atoms with Crippen molar-refractivity contribution in [2.75, 3.05) is 26.2 Å². The Hall–Kier alpha value is -1.49. The molecule has 0 saturated carbocycles. The van der Waals surface area contributed by atoms with E-state index in [2.05, 4.69) is 22.2 Å². The Bertz CT molecular complexity index is 426. The minimum atomic E-state index is 0.00456. The fraction of sp³-hybridized carbons (Fsp3) is 0.667. The van der Waals surface area contributed by atoms with Gasteiger partial charge in [-0.05, 0) is 45.2 Å². The summed E-state index contributed by atoms with van der Waals surface area (Å²) < 4.78 is 0. The third-order valence-corrected chi connectivity index (χ3v) is 3.66. The van der Waals surface area contributed by atoms with Gasteiger partial charge in [0, 0.05) is 19.3 Å². The van der Waals surface area contributed by atoms with Crippen LogP contribution in [0.2, 0.25) is 0 Å². The van der Waals surface area contributed by atoms with Gasteiger partial charge in [0.15, 0.2) is 0 Å². The maximum absolute atomic E-state index is 12.5. The van der Waals surface area contributed by atoms with E-state index in [1.807, 2.05) is 11.8 Å². The number of nitrogens with zero attached hydrogens (tertiary/aromatic N) is 3. The van der Waals surface area contributed by atoms with Crippen LogP contribution in [-0.2, 0) is 0 Å². The highest BCUT2D eigenvalue weighted by Crippen LogP contribution is 2.13. The maximum atomic E-state index is 12.5. The van der Waals surface area contributed by atoms with Crippen LogP contribution in [0.3, 0.4) is 0 Å². The smallest absolute Gasteiger partial charge is 0.274 e. The largest absolute Gasteiger partial charge is 0.337 e. The van der Waals surface area contributed by atoms with Gasteiger partial charge < -0.3 is 10.2 Å². The van der Waals surface area contributed by atoms with Crippen LogP contribution in [0.5, 0.6) is 0 Å². The molecule has 1 fully saturated rings. The molecule has 5 heteroatoms. The number of aromatic nitrogens is 2. The second-order valence-corrected chi connectivity index (χ2v) is 5.51. The second-order valence-electron chi connectivity index (χ2n) is 5.51. The Morgan fingerprint density at radius 1 is 1.45 bits per heavy atom. The molecule has 1 saturated heterocycles. The van der Waals surface area contributed by atoms with E-state index >= 15 is 0 Å². The van der Waals surface area contributed by atoms with Gasteiger partial charge in [-0.25, -0.2) is 4.98 Å².